The topological polar surface area (TPSA) is 196 Å². The fourth-order valence-corrected chi connectivity index (χ4v) is 5.09. The van der Waals surface area contributed by atoms with Crippen molar-refractivity contribution in [2.75, 3.05) is 0 Å². The number of carbonyl (C=O) groups is 4. The van der Waals surface area contributed by atoms with E-state index in [1.807, 2.05) is 18.2 Å². The van der Waals surface area contributed by atoms with Crippen molar-refractivity contribution in [3.05, 3.63) is 68.6 Å². The smallest absolute Gasteiger partial charge is 0.320 e. The lowest BCUT2D eigenvalue weighted by Crippen LogP contribution is -2.38. The molecule has 0 spiro atoms. The number of rotatable bonds is 0. The number of nitrogens with one attached hydrogen (secondary N) is 2. The molecule has 14 heteroatoms. The molecular weight excluding hydrogens is 578 g/mol. The predicted octanol–water partition coefficient (Wildman–Crippen LogP) is 5.82. The lowest BCUT2D eigenvalue weighted by atomic mass is 9.90. The number of primary amides is 4. The van der Waals surface area contributed by atoms with Gasteiger partial charge < -0.3 is 22.9 Å². The molecule has 5 rings (SSSR count). The van der Waals surface area contributed by atoms with Gasteiger partial charge in [-0.25, -0.2) is 19.2 Å². The molecule has 0 fully saturated rings. The molecule has 0 aromatic heterocycles. The summed E-state index contributed by atoms with van der Waals surface area (Å²) in [5.74, 6) is 0. The number of benzene rings is 5. The number of carbonyl (C=O) groups excluding carboxylic acids is 4. The van der Waals surface area contributed by atoms with Crippen molar-refractivity contribution in [3.63, 3.8) is 0 Å². The average Bonchev–Trinajstić information content (AvgIpc) is 2.81. The first kappa shape index (κ1) is 28.6. The van der Waals surface area contributed by atoms with Crippen molar-refractivity contribution in [2.24, 2.45) is 22.9 Å². The van der Waals surface area contributed by atoms with Crippen molar-refractivity contribution in [2.45, 2.75) is 0 Å². The number of hydrogen-bond donors (Lipinski definition) is 6. The Hall–Kier alpha value is -3.96. The number of fused-ring (bicyclic) bond motifs is 2. The second-order valence-electron chi connectivity index (χ2n) is 7.58. The molecule has 0 heterocycles. The zero-order valence-corrected chi connectivity index (χ0v) is 22.1. The molecule has 0 radical (unpaired) electrons. The van der Waals surface area contributed by atoms with Crippen LogP contribution in [-0.4, -0.2) is 24.1 Å². The van der Waals surface area contributed by atoms with Gasteiger partial charge in [0.1, 0.15) is 0 Å². The number of amides is 8. The van der Waals surface area contributed by atoms with Crippen LogP contribution in [0.4, 0.5) is 19.2 Å². The van der Waals surface area contributed by atoms with Crippen molar-refractivity contribution < 1.29 is 19.2 Å². The van der Waals surface area contributed by atoms with Gasteiger partial charge in [0.15, 0.2) is 0 Å². The van der Waals surface area contributed by atoms with Crippen molar-refractivity contribution in [1.29, 1.82) is 0 Å². The van der Waals surface area contributed by atoms with E-state index in [2.05, 4.69) is 53.3 Å². The summed E-state index contributed by atoms with van der Waals surface area (Å²) in [5, 5.41) is 13.2. The molecule has 0 aliphatic rings. The van der Waals surface area contributed by atoms with E-state index in [4.69, 9.17) is 46.4 Å². The SMILES string of the molecule is Clc1c(Cl)c2c(Cl)ccc3c4cccc5cccc(c(c1Cl)c23)c54.NC(=O)NC(N)=O.NC(=O)NC(N)=O. The highest BCUT2D eigenvalue weighted by molar-refractivity contribution is 6.57. The summed E-state index contributed by atoms with van der Waals surface area (Å²) >= 11 is 26.0. The van der Waals surface area contributed by atoms with Crippen LogP contribution < -0.4 is 33.6 Å². The van der Waals surface area contributed by atoms with Crippen molar-refractivity contribution in [3.8, 4) is 0 Å². The summed E-state index contributed by atoms with van der Waals surface area (Å²) < 4.78 is 0. The molecule has 0 aliphatic heterocycles. The Bertz CT molecular complexity index is 1690. The van der Waals surface area contributed by atoms with Gasteiger partial charge in [-0.1, -0.05) is 88.9 Å². The average molecular weight is 596 g/mol. The van der Waals surface area contributed by atoms with Crippen LogP contribution in [-0.2, 0) is 0 Å². The van der Waals surface area contributed by atoms with Crippen LogP contribution in [0.25, 0.3) is 43.1 Å². The third kappa shape index (κ3) is 5.79. The minimum Gasteiger partial charge on any atom is -0.351 e. The van der Waals surface area contributed by atoms with Crippen LogP contribution >= 0.6 is 46.4 Å². The molecule has 196 valence electrons. The lowest BCUT2D eigenvalue weighted by molar-refractivity contribution is 0.235. The summed E-state index contributed by atoms with van der Waals surface area (Å²) in [5.41, 5.74) is 17.8. The lowest BCUT2D eigenvalue weighted by Gasteiger charge is -2.18. The quantitative estimate of drug-likeness (QED) is 0.0745. The van der Waals surface area contributed by atoms with E-state index >= 15 is 0 Å². The Kier molecular flexibility index (Phi) is 8.74. The fourth-order valence-electron chi connectivity index (χ4n) is 3.97. The Morgan fingerprint density at radius 1 is 0.500 bits per heavy atom. The zero-order valence-electron chi connectivity index (χ0n) is 19.1. The Labute approximate surface area is 234 Å². The van der Waals surface area contributed by atoms with Gasteiger partial charge in [-0.15, -0.1) is 0 Å². The second kappa shape index (κ2) is 11.6. The van der Waals surface area contributed by atoms with Gasteiger partial charge in [0.05, 0.1) is 20.1 Å². The van der Waals surface area contributed by atoms with E-state index in [-0.39, 0.29) is 0 Å². The van der Waals surface area contributed by atoms with Crippen LogP contribution in [0.1, 0.15) is 0 Å². The summed E-state index contributed by atoms with van der Waals surface area (Å²) in [6.45, 7) is 0. The van der Waals surface area contributed by atoms with Crippen LogP contribution in [0, 0.1) is 0 Å². The van der Waals surface area contributed by atoms with Gasteiger partial charge in [0, 0.05) is 16.2 Å². The molecule has 0 unspecified atom stereocenters. The molecular formula is C24H18Cl4N6O4. The largest absolute Gasteiger partial charge is 0.351 e. The molecule has 8 amide bonds. The highest BCUT2D eigenvalue weighted by atomic mass is 35.5. The number of imide groups is 2. The molecule has 0 atom stereocenters. The first-order valence-corrected chi connectivity index (χ1v) is 11.9. The van der Waals surface area contributed by atoms with Gasteiger partial charge in [-0.2, -0.15) is 0 Å². The first-order chi connectivity index (χ1) is 17.8. The van der Waals surface area contributed by atoms with E-state index in [0.29, 0.717) is 20.1 Å². The van der Waals surface area contributed by atoms with Crippen molar-refractivity contribution in [1.82, 2.24) is 10.6 Å². The van der Waals surface area contributed by atoms with E-state index in [9.17, 15) is 19.2 Å². The third-order valence-corrected chi connectivity index (χ3v) is 6.83. The summed E-state index contributed by atoms with van der Waals surface area (Å²) in [4.78, 5) is 38.5. The Morgan fingerprint density at radius 3 is 1.42 bits per heavy atom. The minimum absolute atomic E-state index is 0.344. The van der Waals surface area contributed by atoms with Crippen LogP contribution in [0.3, 0.4) is 0 Å². The normalized spacial score (nSPS) is 10.4. The zero-order chi connectivity index (χ0) is 28.3. The van der Waals surface area contributed by atoms with Gasteiger partial charge in [-0.05, 0) is 33.0 Å². The fraction of sp³-hybridized carbons (Fsp3) is 0. The summed E-state index contributed by atoms with van der Waals surface area (Å²) in [6.07, 6.45) is 0. The molecule has 5 aromatic carbocycles. The summed E-state index contributed by atoms with van der Waals surface area (Å²) in [6, 6.07) is 12.6. The van der Waals surface area contributed by atoms with E-state index < -0.39 is 24.1 Å². The molecule has 10 N–H and O–H groups in total. The molecule has 0 saturated carbocycles. The maximum atomic E-state index is 9.62. The summed E-state index contributed by atoms with van der Waals surface area (Å²) in [7, 11) is 0. The Balaban J connectivity index is 0.000000239. The van der Waals surface area contributed by atoms with Crippen LogP contribution in [0.5, 0.6) is 0 Å². The van der Waals surface area contributed by atoms with Crippen LogP contribution in [0.15, 0.2) is 48.5 Å². The van der Waals surface area contributed by atoms with Crippen molar-refractivity contribution >= 4 is 114 Å². The predicted molar refractivity (Wildman–Crippen MR) is 152 cm³/mol. The number of urea groups is 4. The molecule has 5 aromatic rings. The number of hydrogen-bond acceptors (Lipinski definition) is 4. The standard InChI is InChI=1S/C20H8Cl4.2C2H5N3O2/c21-13-8-7-11-10-5-1-3-9-4-2-6-12(14(9)10)16-15(11)17(13)19(23)20(24)18(16)22;2*3-1(6)5-2(4)7/h1-8H;2*(H5,3,4,5,6,7). The molecule has 10 nitrogen and oxygen atoms in total. The minimum atomic E-state index is -0.938. The van der Waals surface area contributed by atoms with Crippen LogP contribution in [0.2, 0.25) is 20.1 Å². The van der Waals surface area contributed by atoms with E-state index in [0.717, 1.165) is 32.3 Å². The Morgan fingerprint density at radius 2 is 0.947 bits per heavy atom. The molecule has 0 saturated heterocycles. The third-order valence-electron chi connectivity index (χ3n) is 5.19. The molecule has 38 heavy (non-hydrogen) atoms. The van der Waals surface area contributed by atoms with E-state index in [1.165, 1.54) is 10.8 Å². The molecule has 0 bridgehead atoms. The maximum absolute atomic E-state index is 9.62. The van der Waals surface area contributed by atoms with Gasteiger partial charge in [0.2, 0.25) is 0 Å². The highest BCUT2D eigenvalue weighted by Crippen LogP contribution is 2.50. The molecule has 0 aliphatic carbocycles. The van der Waals surface area contributed by atoms with Gasteiger partial charge >= 0.3 is 24.1 Å². The van der Waals surface area contributed by atoms with Gasteiger partial charge in [0.25, 0.3) is 0 Å². The number of halogens is 4. The maximum Gasteiger partial charge on any atom is 0.320 e. The van der Waals surface area contributed by atoms with Gasteiger partial charge in [-0.3, -0.25) is 10.6 Å². The first-order valence-electron chi connectivity index (χ1n) is 10.4. The highest BCUT2D eigenvalue weighted by Gasteiger charge is 2.21. The monoisotopic (exact) mass is 594 g/mol. The number of nitrogens with two attached hydrogens (primary N) is 4. The second-order valence-corrected chi connectivity index (χ2v) is 9.12. The van der Waals surface area contributed by atoms with E-state index in [1.54, 1.807) is 10.6 Å².